The van der Waals surface area contributed by atoms with Gasteiger partial charge in [-0.25, -0.2) is 9.40 Å². The number of amides is 1. The first-order chi connectivity index (χ1) is 15.5. The van der Waals surface area contributed by atoms with Gasteiger partial charge in [-0.3, -0.25) is 9.69 Å². The minimum Gasteiger partial charge on any atom is -0.347 e. The fourth-order valence-corrected chi connectivity index (χ4v) is 4.75. The number of aryl methyl sites for hydroxylation is 1. The van der Waals surface area contributed by atoms with Crippen molar-refractivity contribution in [1.29, 1.82) is 0 Å². The van der Waals surface area contributed by atoms with Crippen molar-refractivity contribution in [2.75, 3.05) is 32.8 Å². The van der Waals surface area contributed by atoms with Gasteiger partial charge in [0.15, 0.2) is 5.79 Å². The number of hydrogen-bond donors (Lipinski definition) is 0. The zero-order valence-electron chi connectivity index (χ0n) is 18.3. The second kappa shape index (κ2) is 8.73. The number of ether oxygens (including phenoxy) is 2. The van der Waals surface area contributed by atoms with Crippen LogP contribution in [-0.2, 0) is 14.3 Å². The molecule has 5 rings (SSSR count). The van der Waals surface area contributed by atoms with Crippen molar-refractivity contribution in [3.8, 4) is 0 Å². The van der Waals surface area contributed by atoms with Crippen molar-refractivity contribution < 1.29 is 18.7 Å². The summed E-state index contributed by atoms with van der Waals surface area (Å²) in [4.78, 5) is 15.5. The smallest absolute Gasteiger partial charge is 0.257 e. The van der Waals surface area contributed by atoms with E-state index in [1.165, 1.54) is 11.1 Å². The largest absolute Gasteiger partial charge is 0.347 e. The first-order valence-electron chi connectivity index (χ1n) is 11.2. The Kier molecular flexibility index (Phi) is 5.80. The Hall–Kier alpha value is -2.61. The third kappa shape index (κ3) is 4.20. The lowest BCUT2D eigenvalue weighted by molar-refractivity contribution is -0.186. The highest BCUT2D eigenvalue weighted by atomic mass is 19.1. The summed E-state index contributed by atoms with van der Waals surface area (Å²) < 4.78 is 26.2. The van der Waals surface area contributed by atoms with Crippen LogP contribution in [0.15, 0.2) is 53.6 Å². The lowest BCUT2D eigenvalue weighted by Gasteiger charge is -2.37. The Bertz CT molecular complexity index is 1010. The van der Waals surface area contributed by atoms with Crippen molar-refractivity contribution in [2.24, 2.45) is 5.10 Å². The predicted molar refractivity (Wildman–Crippen MR) is 119 cm³/mol. The lowest BCUT2D eigenvalue weighted by Crippen LogP contribution is -2.48. The van der Waals surface area contributed by atoms with E-state index in [0.717, 1.165) is 42.8 Å². The van der Waals surface area contributed by atoms with E-state index in [1.807, 2.05) is 31.2 Å². The predicted octanol–water partition coefficient (Wildman–Crippen LogP) is 3.65. The molecule has 3 heterocycles. The molecule has 2 aromatic rings. The van der Waals surface area contributed by atoms with Gasteiger partial charge in [0.25, 0.3) is 5.91 Å². The molecule has 32 heavy (non-hydrogen) atoms. The van der Waals surface area contributed by atoms with Crippen LogP contribution in [0.3, 0.4) is 0 Å². The Morgan fingerprint density at radius 1 is 1.09 bits per heavy atom. The van der Waals surface area contributed by atoms with E-state index < -0.39 is 11.8 Å². The van der Waals surface area contributed by atoms with Crippen LogP contribution in [0.4, 0.5) is 4.39 Å². The highest BCUT2D eigenvalue weighted by molar-refractivity contribution is 6.03. The SMILES string of the molecule is Cc1ccc(C2=NN(C(=O)CN3CCC4(CC3)OCCO4)C(c3ccccc3F)C2)cc1. The van der Waals surface area contributed by atoms with E-state index in [9.17, 15) is 9.18 Å². The minimum absolute atomic E-state index is 0.121. The molecule has 168 valence electrons. The Morgan fingerprint density at radius 3 is 2.47 bits per heavy atom. The average molecular weight is 438 g/mol. The molecule has 1 spiro atoms. The average Bonchev–Trinajstić information content (AvgIpc) is 3.44. The van der Waals surface area contributed by atoms with Crippen molar-refractivity contribution >= 4 is 11.6 Å². The molecule has 2 saturated heterocycles. The number of hydrogen-bond acceptors (Lipinski definition) is 5. The maximum Gasteiger partial charge on any atom is 0.257 e. The van der Waals surface area contributed by atoms with Gasteiger partial charge >= 0.3 is 0 Å². The topological polar surface area (TPSA) is 54.4 Å². The molecule has 1 unspecified atom stereocenters. The van der Waals surface area contributed by atoms with Crippen LogP contribution in [0.1, 0.15) is 42.0 Å². The fourth-order valence-electron chi connectivity index (χ4n) is 4.75. The van der Waals surface area contributed by atoms with Crippen molar-refractivity contribution in [3.63, 3.8) is 0 Å². The van der Waals surface area contributed by atoms with Crippen molar-refractivity contribution in [1.82, 2.24) is 9.91 Å². The number of halogens is 1. The lowest BCUT2D eigenvalue weighted by atomic mass is 9.97. The van der Waals surface area contributed by atoms with E-state index in [1.54, 1.807) is 18.2 Å². The van der Waals surface area contributed by atoms with Gasteiger partial charge in [0.2, 0.25) is 0 Å². The Morgan fingerprint density at radius 2 is 1.78 bits per heavy atom. The maximum atomic E-state index is 14.7. The molecule has 6 nitrogen and oxygen atoms in total. The van der Waals surface area contributed by atoms with Crippen LogP contribution in [0.5, 0.6) is 0 Å². The van der Waals surface area contributed by atoms with Gasteiger partial charge in [-0.05, 0) is 18.6 Å². The number of carbonyl (C=O) groups is 1. The molecule has 7 heteroatoms. The molecule has 0 bridgehead atoms. The number of benzene rings is 2. The standard InChI is InChI=1S/C25H28FN3O3/c1-18-6-8-19(9-7-18)22-16-23(20-4-2-3-5-21(20)26)29(27-22)24(30)17-28-12-10-25(11-13-28)31-14-15-32-25/h2-9,23H,10-17H2,1H3. The summed E-state index contributed by atoms with van der Waals surface area (Å²) in [6, 6.07) is 14.3. The molecule has 2 aromatic carbocycles. The van der Waals surface area contributed by atoms with Crippen LogP contribution >= 0.6 is 0 Å². The zero-order valence-corrected chi connectivity index (χ0v) is 18.3. The zero-order chi connectivity index (χ0) is 22.1. The summed E-state index contributed by atoms with van der Waals surface area (Å²) in [7, 11) is 0. The van der Waals surface area contributed by atoms with Gasteiger partial charge in [-0.2, -0.15) is 5.10 Å². The second-order valence-corrected chi connectivity index (χ2v) is 8.78. The number of piperidine rings is 1. The molecular formula is C25H28FN3O3. The van der Waals surface area contributed by atoms with Gasteiger partial charge in [0.1, 0.15) is 5.82 Å². The summed E-state index contributed by atoms with van der Waals surface area (Å²) in [5.41, 5.74) is 3.42. The first kappa shape index (κ1) is 21.2. The summed E-state index contributed by atoms with van der Waals surface area (Å²) >= 11 is 0. The first-order valence-corrected chi connectivity index (χ1v) is 11.2. The molecule has 3 aliphatic rings. The molecule has 0 N–H and O–H groups in total. The van der Waals surface area contributed by atoms with Crippen LogP contribution < -0.4 is 0 Å². The molecule has 0 saturated carbocycles. The number of rotatable bonds is 4. The van der Waals surface area contributed by atoms with Crippen LogP contribution in [0.2, 0.25) is 0 Å². The van der Waals surface area contributed by atoms with Gasteiger partial charge in [-0.15, -0.1) is 0 Å². The summed E-state index contributed by atoms with van der Waals surface area (Å²) in [6.45, 7) is 4.98. The highest BCUT2D eigenvalue weighted by Crippen LogP contribution is 2.35. The molecule has 1 amide bonds. The van der Waals surface area contributed by atoms with Gasteiger partial charge in [-0.1, -0.05) is 48.0 Å². The van der Waals surface area contributed by atoms with Crippen molar-refractivity contribution in [2.45, 2.75) is 38.0 Å². The highest BCUT2D eigenvalue weighted by Gasteiger charge is 2.41. The van der Waals surface area contributed by atoms with E-state index in [4.69, 9.17) is 9.47 Å². The minimum atomic E-state index is -0.473. The van der Waals surface area contributed by atoms with E-state index in [2.05, 4.69) is 10.0 Å². The third-order valence-corrected chi connectivity index (χ3v) is 6.61. The molecule has 0 radical (unpaired) electrons. The Balaban J connectivity index is 1.35. The molecule has 3 aliphatic heterocycles. The van der Waals surface area contributed by atoms with Gasteiger partial charge in [0.05, 0.1) is 31.5 Å². The van der Waals surface area contributed by atoms with Gasteiger partial charge in [0, 0.05) is 37.9 Å². The molecular weight excluding hydrogens is 409 g/mol. The van der Waals surface area contributed by atoms with Crippen molar-refractivity contribution in [3.05, 3.63) is 71.0 Å². The summed E-state index contributed by atoms with van der Waals surface area (Å²) in [6.07, 6.45) is 1.98. The van der Waals surface area contributed by atoms with Gasteiger partial charge < -0.3 is 9.47 Å². The number of hydrazone groups is 1. The number of likely N-dealkylation sites (tertiary alicyclic amines) is 1. The molecule has 0 aromatic heterocycles. The quantitative estimate of drug-likeness (QED) is 0.733. The van der Waals surface area contributed by atoms with E-state index in [0.29, 0.717) is 25.2 Å². The normalized spacial score (nSPS) is 23.0. The summed E-state index contributed by atoms with van der Waals surface area (Å²) in [5, 5.41) is 6.17. The van der Waals surface area contributed by atoms with E-state index in [-0.39, 0.29) is 18.3 Å². The fraction of sp³-hybridized carbons (Fsp3) is 0.440. The number of nitrogens with zero attached hydrogens (tertiary/aromatic N) is 3. The van der Waals surface area contributed by atoms with E-state index >= 15 is 0 Å². The number of carbonyl (C=O) groups excluding carboxylic acids is 1. The second-order valence-electron chi connectivity index (χ2n) is 8.78. The monoisotopic (exact) mass is 437 g/mol. The molecule has 2 fully saturated rings. The summed E-state index contributed by atoms with van der Waals surface area (Å²) in [5.74, 6) is -0.907. The van der Waals surface area contributed by atoms with Crippen LogP contribution in [-0.4, -0.2) is 60.2 Å². The maximum absolute atomic E-state index is 14.7. The molecule has 1 atom stereocenters. The third-order valence-electron chi connectivity index (χ3n) is 6.61. The van der Waals surface area contributed by atoms with Crippen LogP contribution in [0, 0.1) is 12.7 Å². The molecule has 0 aliphatic carbocycles. The van der Waals surface area contributed by atoms with Crippen LogP contribution in [0.25, 0.3) is 0 Å². The Labute approximate surface area is 187 Å².